The average Bonchev–Trinajstić information content (AvgIpc) is 3.42. The third kappa shape index (κ3) is 5.01. The summed E-state index contributed by atoms with van der Waals surface area (Å²) >= 11 is 1.61. The van der Waals surface area contributed by atoms with E-state index >= 15 is 0 Å². The highest BCUT2D eigenvalue weighted by atomic mass is 32.1. The molecule has 0 spiro atoms. The van der Waals surface area contributed by atoms with E-state index in [1.807, 2.05) is 38.3 Å². The molecule has 7 nitrogen and oxygen atoms in total. The van der Waals surface area contributed by atoms with Gasteiger partial charge in [-0.3, -0.25) is 4.79 Å². The number of hydrogen-bond donors (Lipinski definition) is 0. The fraction of sp³-hybridized carbons (Fsp3) is 0.320. The van der Waals surface area contributed by atoms with Crippen LogP contribution in [0.25, 0.3) is 11.3 Å². The Hall–Kier alpha value is -3.39. The van der Waals surface area contributed by atoms with Crippen molar-refractivity contribution >= 4 is 28.9 Å². The van der Waals surface area contributed by atoms with E-state index in [2.05, 4.69) is 11.1 Å². The van der Waals surface area contributed by atoms with Crippen molar-refractivity contribution in [2.24, 2.45) is 0 Å². The fourth-order valence-electron chi connectivity index (χ4n) is 3.75. The molecule has 4 rings (SSSR count). The number of esters is 1. The molecule has 0 N–H and O–H groups in total. The van der Waals surface area contributed by atoms with Gasteiger partial charge in [-0.05, 0) is 63.1 Å². The van der Waals surface area contributed by atoms with Gasteiger partial charge >= 0.3 is 5.97 Å². The van der Waals surface area contributed by atoms with Crippen molar-refractivity contribution in [3.63, 3.8) is 0 Å². The number of benzene rings is 2. The molecule has 1 aliphatic rings. The second-order valence-electron chi connectivity index (χ2n) is 8.00. The summed E-state index contributed by atoms with van der Waals surface area (Å²) in [6.45, 7) is 6.01. The molecule has 2 aromatic carbocycles. The Labute approximate surface area is 196 Å². The van der Waals surface area contributed by atoms with E-state index in [4.69, 9.17) is 14.2 Å². The number of carbonyl (C=O) groups excluding carboxylic acids is 2. The Morgan fingerprint density at radius 3 is 2.67 bits per heavy atom. The van der Waals surface area contributed by atoms with Gasteiger partial charge in [0, 0.05) is 23.2 Å². The van der Waals surface area contributed by atoms with Crippen LogP contribution in [0.1, 0.15) is 34.8 Å². The van der Waals surface area contributed by atoms with Gasteiger partial charge in [-0.15, -0.1) is 11.3 Å². The first-order chi connectivity index (χ1) is 15.9. The number of anilines is 1. The summed E-state index contributed by atoms with van der Waals surface area (Å²) in [5.41, 5.74) is 4.21. The van der Waals surface area contributed by atoms with Crippen molar-refractivity contribution in [2.75, 3.05) is 25.2 Å². The summed E-state index contributed by atoms with van der Waals surface area (Å²) in [5.74, 6) is 0.127. The highest BCUT2D eigenvalue weighted by molar-refractivity contribution is 7.09. The van der Waals surface area contributed by atoms with Gasteiger partial charge < -0.3 is 19.1 Å². The summed E-state index contributed by atoms with van der Waals surface area (Å²) in [4.78, 5) is 31.5. The van der Waals surface area contributed by atoms with Crippen LogP contribution in [-0.2, 0) is 16.0 Å². The lowest BCUT2D eigenvalue weighted by atomic mass is 10.1. The topological polar surface area (TPSA) is 78.0 Å². The molecule has 1 aliphatic heterocycles. The lowest BCUT2D eigenvalue weighted by molar-refractivity contribution is -0.121. The zero-order chi connectivity index (χ0) is 23.5. The standard InChI is InChI=1S/C25H26N2O5S/c1-15(2)32-22-8-6-19(12-23(22)30-4)25(29)31-13-24(28)27-10-9-18-11-17(5-7-21(18)27)20-14-33-16(3)26-20/h5-8,11-12,14-15H,9-10,13H2,1-4H3. The largest absolute Gasteiger partial charge is 0.493 e. The number of aromatic nitrogens is 1. The van der Waals surface area contributed by atoms with Crippen molar-refractivity contribution in [2.45, 2.75) is 33.3 Å². The van der Waals surface area contributed by atoms with Gasteiger partial charge in [-0.25, -0.2) is 9.78 Å². The van der Waals surface area contributed by atoms with Gasteiger partial charge in [0.1, 0.15) is 0 Å². The lowest BCUT2D eigenvalue weighted by Crippen LogP contribution is -2.33. The number of ether oxygens (including phenoxy) is 3. The second-order valence-corrected chi connectivity index (χ2v) is 9.06. The Bertz CT molecular complexity index is 1190. The van der Waals surface area contributed by atoms with Crippen LogP contribution in [0.3, 0.4) is 0 Å². The highest BCUT2D eigenvalue weighted by Gasteiger charge is 2.26. The molecule has 0 fully saturated rings. The molecule has 0 bridgehead atoms. The monoisotopic (exact) mass is 466 g/mol. The van der Waals surface area contributed by atoms with Gasteiger partial charge in [-0.1, -0.05) is 6.07 Å². The molecule has 1 aromatic heterocycles. The Morgan fingerprint density at radius 1 is 1.15 bits per heavy atom. The molecule has 172 valence electrons. The number of methoxy groups -OCH3 is 1. The van der Waals surface area contributed by atoms with Crippen LogP contribution in [-0.4, -0.2) is 43.2 Å². The Kier molecular flexibility index (Phi) is 6.65. The zero-order valence-corrected chi connectivity index (χ0v) is 19.9. The van der Waals surface area contributed by atoms with E-state index < -0.39 is 5.97 Å². The van der Waals surface area contributed by atoms with Gasteiger partial charge in [0.25, 0.3) is 5.91 Å². The van der Waals surface area contributed by atoms with Crippen molar-refractivity contribution in [1.82, 2.24) is 4.98 Å². The summed E-state index contributed by atoms with van der Waals surface area (Å²) in [7, 11) is 1.51. The summed E-state index contributed by atoms with van der Waals surface area (Å²) < 4.78 is 16.3. The van der Waals surface area contributed by atoms with Crippen LogP contribution in [0, 0.1) is 6.92 Å². The van der Waals surface area contributed by atoms with E-state index in [1.54, 1.807) is 34.4 Å². The van der Waals surface area contributed by atoms with Crippen LogP contribution in [0.4, 0.5) is 5.69 Å². The van der Waals surface area contributed by atoms with Crippen molar-refractivity contribution in [3.05, 3.63) is 57.9 Å². The lowest BCUT2D eigenvalue weighted by Gasteiger charge is -2.18. The van der Waals surface area contributed by atoms with E-state index in [0.717, 1.165) is 33.9 Å². The molecule has 0 atom stereocenters. The van der Waals surface area contributed by atoms with Crippen LogP contribution < -0.4 is 14.4 Å². The molecule has 8 heteroatoms. The third-order valence-corrected chi connectivity index (χ3v) is 6.05. The van der Waals surface area contributed by atoms with Crippen LogP contribution in [0.5, 0.6) is 11.5 Å². The highest BCUT2D eigenvalue weighted by Crippen LogP contribution is 2.33. The first-order valence-corrected chi connectivity index (χ1v) is 11.6. The molecule has 0 radical (unpaired) electrons. The molecule has 1 amide bonds. The number of aryl methyl sites for hydroxylation is 1. The minimum absolute atomic E-state index is 0.0284. The van der Waals surface area contributed by atoms with E-state index in [9.17, 15) is 9.59 Å². The van der Waals surface area contributed by atoms with Crippen LogP contribution in [0.15, 0.2) is 41.8 Å². The second kappa shape index (κ2) is 9.62. The van der Waals surface area contributed by atoms with Gasteiger partial charge in [-0.2, -0.15) is 0 Å². The SMILES string of the molecule is COc1cc(C(=O)OCC(=O)N2CCc3cc(-c4csc(C)n4)ccc32)ccc1OC(C)C. The van der Waals surface area contributed by atoms with Gasteiger partial charge in [0.2, 0.25) is 0 Å². The number of carbonyl (C=O) groups is 2. The molecular weight excluding hydrogens is 440 g/mol. The number of fused-ring (bicyclic) bond motifs is 1. The third-order valence-electron chi connectivity index (χ3n) is 5.28. The number of amides is 1. The Morgan fingerprint density at radius 2 is 1.97 bits per heavy atom. The van der Waals surface area contributed by atoms with Gasteiger partial charge in [0.15, 0.2) is 18.1 Å². The molecule has 3 aromatic rings. The first-order valence-electron chi connectivity index (χ1n) is 10.7. The van der Waals surface area contributed by atoms with Crippen molar-refractivity contribution < 1.29 is 23.8 Å². The van der Waals surface area contributed by atoms with Gasteiger partial charge in [0.05, 0.1) is 29.5 Å². The molecule has 0 unspecified atom stereocenters. The number of nitrogens with zero attached hydrogens (tertiary/aromatic N) is 2. The minimum atomic E-state index is -0.591. The maximum absolute atomic E-state index is 12.8. The Balaban J connectivity index is 1.40. The van der Waals surface area contributed by atoms with E-state index in [-0.39, 0.29) is 18.6 Å². The maximum Gasteiger partial charge on any atom is 0.338 e. The molecule has 0 saturated heterocycles. The van der Waals surface area contributed by atoms with E-state index in [0.29, 0.717) is 23.6 Å². The summed E-state index contributed by atoms with van der Waals surface area (Å²) in [5, 5.41) is 3.05. The predicted octanol–water partition coefficient (Wildman–Crippen LogP) is 4.66. The van der Waals surface area contributed by atoms with Crippen LogP contribution in [0.2, 0.25) is 0 Å². The molecule has 0 aliphatic carbocycles. The van der Waals surface area contributed by atoms with Crippen molar-refractivity contribution in [3.8, 4) is 22.8 Å². The van der Waals surface area contributed by atoms with Crippen LogP contribution >= 0.6 is 11.3 Å². The minimum Gasteiger partial charge on any atom is -0.493 e. The summed E-state index contributed by atoms with van der Waals surface area (Å²) in [6.07, 6.45) is 0.722. The smallest absolute Gasteiger partial charge is 0.338 e. The zero-order valence-electron chi connectivity index (χ0n) is 19.1. The number of thiazole rings is 1. The van der Waals surface area contributed by atoms with E-state index in [1.165, 1.54) is 7.11 Å². The number of rotatable bonds is 7. The molecule has 2 heterocycles. The maximum atomic E-state index is 12.8. The fourth-order valence-corrected chi connectivity index (χ4v) is 4.37. The normalized spacial score (nSPS) is 12.6. The predicted molar refractivity (Wildman–Crippen MR) is 127 cm³/mol. The average molecular weight is 467 g/mol. The molecule has 33 heavy (non-hydrogen) atoms. The first kappa shape index (κ1) is 22.8. The number of hydrogen-bond acceptors (Lipinski definition) is 7. The molecule has 0 saturated carbocycles. The molecular formula is C25H26N2O5S. The summed E-state index contributed by atoms with van der Waals surface area (Å²) in [6, 6.07) is 10.8. The van der Waals surface area contributed by atoms with Crippen molar-refractivity contribution in [1.29, 1.82) is 0 Å². The quantitative estimate of drug-likeness (QED) is 0.471.